The predicted molar refractivity (Wildman–Crippen MR) is 77.1 cm³/mol. The first-order valence-electron chi connectivity index (χ1n) is 7.36. The second-order valence-electron chi connectivity index (χ2n) is 6.44. The van der Waals surface area contributed by atoms with Gasteiger partial charge in [0, 0.05) is 12.2 Å². The molecule has 2 rings (SSSR count). The van der Waals surface area contributed by atoms with E-state index in [4.69, 9.17) is 9.15 Å². The van der Waals surface area contributed by atoms with Gasteiger partial charge in [-0.05, 0) is 51.1 Å². The summed E-state index contributed by atoms with van der Waals surface area (Å²) < 4.78 is 11.5. The topological polar surface area (TPSA) is 34.4 Å². The highest BCUT2D eigenvalue weighted by atomic mass is 16.5. The van der Waals surface area contributed by atoms with Crippen LogP contribution in [0.4, 0.5) is 0 Å². The van der Waals surface area contributed by atoms with Gasteiger partial charge < -0.3 is 14.5 Å². The van der Waals surface area contributed by atoms with Crippen molar-refractivity contribution in [3.05, 3.63) is 24.2 Å². The highest BCUT2D eigenvalue weighted by molar-refractivity contribution is 5.18. The Labute approximate surface area is 116 Å². The van der Waals surface area contributed by atoms with Crippen LogP contribution in [0, 0.1) is 5.41 Å². The van der Waals surface area contributed by atoms with E-state index in [1.807, 2.05) is 19.4 Å². The fourth-order valence-corrected chi connectivity index (χ4v) is 3.33. The Hall–Kier alpha value is -0.800. The van der Waals surface area contributed by atoms with E-state index in [9.17, 15) is 0 Å². The van der Waals surface area contributed by atoms with Crippen LogP contribution >= 0.6 is 0 Å². The van der Waals surface area contributed by atoms with Crippen molar-refractivity contribution in [1.29, 1.82) is 0 Å². The third-order valence-electron chi connectivity index (χ3n) is 4.57. The van der Waals surface area contributed by atoms with Gasteiger partial charge in [0.1, 0.15) is 0 Å². The molecule has 1 unspecified atom stereocenters. The van der Waals surface area contributed by atoms with E-state index in [1.165, 1.54) is 18.4 Å². The van der Waals surface area contributed by atoms with Crippen molar-refractivity contribution in [2.45, 2.75) is 58.1 Å². The van der Waals surface area contributed by atoms with Gasteiger partial charge in [-0.15, -0.1) is 0 Å². The molecule has 1 aromatic rings. The number of ether oxygens (including phenoxy) is 1. The molecule has 0 saturated heterocycles. The van der Waals surface area contributed by atoms with Crippen molar-refractivity contribution >= 4 is 0 Å². The van der Waals surface area contributed by atoms with Gasteiger partial charge in [-0.2, -0.15) is 0 Å². The quantitative estimate of drug-likeness (QED) is 0.876. The summed E-state index contributed by atoms with van der Waals surface area (Å²) in [6, 6.07) is 2.25. The number of nitrogens with one attached hydrogen (secondary N) is 1. The fraction of sp³-hybridized carbons (Fsp3) is 0.750. The molecule has 1 aliphatic carbocycles. The van der Waals surface area contributed by atoms with E-state index < -0.39 is 0 Å². The Morgan fingerprint density at radius 2 is 2.00 bits per heavy atom. The molecule has 0 radical (unpaired) electrons. The average molecular weight is 265 g/mol. The van der Waals surface area contributed by atoms with Gasteiger partial charge in [0.2, 0.25) is 0 Å². The number of furan rings is 1. The lowest BCUT2D eigenvalue weighted by atomic mass is 9.67. The van der Waals surface area contributed by atoms with E-state index in [-0.39, 0.29) is 11.6 Å². The van der Waals surface area contributed by atoms with E-state index in [1.54, 1.807) is 6.26 Å². The van der Waals surface area contributed by atoms with Crippen molar-refractivity contribution < 1.29 is 9.15 Å². The minimum atomic E-state index is -0.0944. The maximum absolute atomic E-state index is 6.24. The van der Waals surface area contributed by atoms with Crippen LogP contribution in [0.15, 0.2) is 23.0 Å². The summed E-state index contributed by atoms with van der Waals surface area (Å²) in [5.74, 6) is 0. The second-order valence-corrected chi connectivity index (χ2v) is 6.44. The molecular weight excluding hydrogens is 238 g/mol. The molecule has 19 heavy (non-hydrogen) atoms. The summed E-state index contributed by atoms with van der Waals surface area (Å²) in [7, 11) is 2.01. The number of likely N-dealkylation sites (N-methyl/N-ethyl adjacent to an activating group) is 1. The molecule has 0 bridgehead atoms. The van der Waals surface area contributed by atoms with Crippen molar-refractivity contribution in [2.75, 3.05) is 13.7 Å². The Bertz CT molecular complexity index is 373. The zero-order valence-corrected chi connectivity index (χ0v) is 12.7. The smallest absolute Gasteiger partial charge is 0.0951 e. The molecule has 0 aliphatic heterocycles. The van der Waals surface area contributed by atoms with Crippen LogP contribution in [0.25, 0.3) is 0 Å². The standard InChI is InChI=1S/C16H27NO2/c1-5-19-16(9-7-15(2,3)8-10-16)14(17-4)13-6-11-18-12-13/h6,11-12,14,17H,5,7-10H2,1-4H3. The Balaban J connectivity index is 2.23. The first-order valence-corrected chi connectivity index (χ1v) is 7.36. The van der Waals surface area contributed by atoms with E-state index in [0.717, 1.165) is 19.4 Å². The average Bonchev–Trinajstić information content (AvgIpc) is 2.88. The van der Waals surface area contributed by atoms with Crippen LogP contribution in [0.3, 0.4) is 0 Å². The third kappa shape index (κ3) is 3.03. The zero-order valence-electron chi connectivity index (χ0n) is 12.7. The molecule has 1 atom stereocenters. The van der Waals surface area contributed by atoms with Crippen molar-refractivity contribution in [3.63, 3.8) is 0 Å². The minimum absolute atomic E-state index is 0.0944. The van der Waals surface area contributed by atoms with Crippen molar-refractivity contribution in [1.82, 2.24) is 5.32 Å². The zero-order chi connectivity index (χ0) is 13.9. The normalized spacial score (nSPS) is 23.2. The van der Waals surface area contributed by atoms with Gasteiger partial charge in [0.05, 0.1) is 24.2 Å². The molecule has 1 fully saturated rings. The lowest BCUT2D eigenvalue weighted by Crippen LogP contribution is -2.48. The van der Waals surface area contributed by atoms with Gasteiger partial charge in [-0.3, -0.25) is 0 Å². The Morgan fingerprint density at radius 3 is 2.47 bits per heavy atom. The third-order valence-corrected chi connectivity index (χ3v) is 4.57. The maximum Gasteiger partial charge on any atom is 0.0951 e. The first kappa shape index (κ1) is 14.6. The number of hydrogen-bond donors (Lipinski definition) is 1. The van der Waals surface area contributed by atoms with Crippen LogP contribution in [0.5, 0.6) is 0 Å². The SMILES string of the molecule is CCOC1(C(NC)c2ccoc2)CCC(C)(C)CC1. The molecule has 1 N–H and O–H groups in total. The van der Waals surface area contributed by atoms with Crippen LogP contribution in [0.1, 0.15) is 58.1 Å². The Morgan fingerprint density at radius 1 is 1.32 bits per heavy atom. The van der Waals surface area contributed by atoms with E-state index in [0.29, 0.717) is 5.41 Å². The molecule has 3 heteroatoms. The van der Waals surface area contributed by atoms with Crippen LogP contribution < -0.4 is 5.32 Å². The van der Waals surface area contributed by atoms with Crippen molar-refractivity contribution in [3.8, 4) is 0 Å². The molecule has 1 heterocycles. The molecule has 108 valence electrons. The molecule has 1 saturated carbocycles. The van der Waals surface area contributed by atoms with Gasteiger partial charge in [0.15, 0.2) is 0 Å². The monoisotopic (exact) mass is 265 g/mol. The summed E-state index contributed by atoms with van der Waals surface area (Å²) in [6.45, 7) is 7.56. The van der Waals surface area contributed by atoms with Gasteiger partial charge >= 0.3 is 0 Å². The molecule has 0 amide bonds. The minimum Gasteiger partial charge on any atom is -0.472 e. The van der Waals surface area contributed by atoms with E-state index in [2.05, 4.69) is 26.1 Å². The molecule has 1 aliphatic rings. The van der Waals surface area contributed by atoms with Gasteiger partial charge in [0.25, 0.3) is 0 Å². The maximum atomic E-state index is 6.24. The molecule has 3 nitrogen and oxygen atoms in total. The molecular formula is C16H27NO2. The first-order chi connectivity index (χ1) is 9.03. The second kappa shape index (κ2) is 5.68. The fourth-order valence-electron chi connectivity index (χ4n) is 3.33. The predicted octanol–water partition coefficient (Wildman–Crippen LogP) is 3.92. The summed E-state index contributed by atoms with van der Waals surface area (Å²) in [5, 5.41) is 3.44. The summed E-state index contributed by atoms with van der Waals surface area (Å²) in [6.07, 6.45) is 8.20. The van der Waals surface area contributed by atoms with Crippen LogP contribution in [-0.4, -0.2) is 19.3 Å². The largest absolute Gasteiger partial charge is 0.472 e. The van der Waals surface area contributed by atoms with Crippen LogP contribution in [-0.2, 0) is 4.74 Å². The lowest BCUT2D eigenvalue weighted by molar-refractivity contribution is -0.106. The summed E-state index contributed by atoms with van der Waals surface area (Å²) >= 11 is 0. The van der Waals surface area contributed by atoms with E-state index >= 15 is 0 Å². The summed E-state index contributed by atoms with van der Waals surface area (Å²) in [5.41, 5.74) is 1.54. The molecule has 1 aromatic heterocycles. The van der Waals surface area contributed by atoms with Crippen LogP contribution in [0.2, 0.25) is 0 Å². The number of hydrogen-bond acceptors (Lipinski definition) is 3. The highest BCUT2D eigenvalue weighted by Crippen LogP contribution is 2.47. The van der Waals surface area contributed by atoms with Gasteiger partial charge in [-0.25, -0.2) is 0 Å². The summed E-state index contributed by atoms with van der Waals surface area (Å²) in [4.78, 5) is 0. The number of rotatable bonds is 5. The lowest BCUT2D eigenvalue weighted by Gasteiger charge is -2.47. The van der Waals surface area contributed by atoms with Gasteiger partial charge in [-0.1, -0.05) is 13.8 Å². The Kier molecular flexibility index (Phi) is 4.36. The molecule has 0 aromatic carbocycles. The highest BCUT2D eigenvalue weighted by Gasteiger charge is 2.45. The van der Waals surface area contributed by atoms with Crippen molar-refractivity contribution in [2.24, 2.45) is 5.41 Å². The molecule has 0 spiro atoms.